The maximum absolute atomic E-state index is 13.5. The molecule has 0 saturated carbocycles. The molecule has 1 N–H and O–H groups in total. The van der Waals surface area contributed by atoms with E-state index in [-0.39, 0.29) is 11.3 Å². The van der Waals surface area contributed by atoms with Crippen LogP contribution in [0.2, 0.25) is 0 Å². The predicted molar refractivity (Wildman–Crippen MR) is 163 cm³/mol. The second-order valence-electron chi connectivity index (χ2n) is 10.7. The van der Waals surface area contributed by atoms with E-state index in [1.165, 1.54) is 4.90 Å². The first kappa shape index (κ1) is 30.7. The van der Waals surface area contributed by atoms with Gasteiger partial charge in [-0.2, -0.15) is 0 Å². The highest BCUT2D eigenvalue weighted by Crippen LogP contribution is 2.42. The highest BCUT2D eigenvalue weighted by atomic mass is 16.5. The van der Waals surface area contributed by atoms with E-state index in [0.717, 1.165) is 24.0 Å². The summed E-state index contributed by atoms with van der Waals surface area (Å²) in [6.45, 7) is 5.75. The first-order valence-corrected chi connectivity index (χ1v) is 14.3. The van der Waals surface area contributed by atoms with Crippen molar-refractivity contribution in [2.45, 2.75) is 39.3 Å². The number of likely N-dealkylation sites (N-methyl/N-ethyl adjacent to an activating group) is 1. The van der Waals surface area contributed by atoms with E-state index in [1.807, 2.05) is 68.4 Å². The fourth-order valence-electron chi connectivity index (χ4n) is 4.94. The van der Waals surface area contributed by atoms with Gasteiger partial charge in [-0.3, -0.25) is 9.59 Å². The summed E-state index contributed by atoms with van der Waals surface area (Å²) in [6.07, 6.45) is 1.97. The number of aryl methyl sites for hydroxylation is 1. The summed E-state index contributed by atoms with van der Waals surface area (Å²) < 4.78 is 17.5. The van der Waals surface area contributed by atoms with Gasteiger partial charge in [0.2, 0.25) is 0 Å². The summed E-state index contributed by atoms with van der Waals surface area (Å²) in [5.74, 6) is 0.102. The van der Waals surface area contributed by atoms with E-state index in [2.05, 4.69) is 6.92 Å². The summed E-state index contributed by atoms with van der Waals surface area (Å²) in [7, 11) is 5.35. The van der Waals surface area contributed by atoms with Crippen molar-refractivity contribution in [3.8, 4) is 17.2 Å². The van der Waals surface area contributed by atoms with Gasteiger partial charge in [0.1, 0.15) is 18.1 Å². The molecule has 3 aromatic carbocycles. The van der Waals surface area contributed by atoms with Crippen LogP contribution in [0.1, 0.15) is 48.1 Å². The SMILES string of the molecule is CCCCOc1ccc(C(O)=C2C(=O)C(=O)N(CCN(C)C)C2c2ccc(OCc3ccccc3)c(OC)c2)c(C)c1. The lowest BCUT2D eigenvalue weighted by Gasteiger charge is -2.27. The van der Waals surface area contributed by atoms with Crippen LogP contribution in [0.5, 0.6) is 17.2 Å². The number of ether oxygens (including phenoxy) is 3. The molecule has 8 nitrogen and oxygen atoms in total. The molecular formula is C34H40N2O6. The number of nitrogens with zero attached hydrogens (tertiary/aromatic N) is 2. The van der Waals surface area contributed by atoms with Crippen LogP contribution < -0.4 is 14.2 Å². The van der Waals surface area contributed by atoms with E-state index >= 15 is 0 Å². The van der Waals surface area contributed by atoms with E-state index in [0.29, 0.717) is 54.7 Å². The number of aliphatic hydroxyl groups is 1. The molecule has 0 radical (unpaired) electrons. The zero-order valence-electron chi connectivity index (χ0n) is 25.1. The van der Waals surface area contributed by atoms with Gasteiger partial charge >= 0.3 is 0 Å². The van der Waals surface area contributed by atoms with Crippen LogP contribution in [-0.4, -0.2) is 67.5 Å². The Morgan fingerprint density at radius 3 is 2.40 bits per heavy atom. The Morgan fingerprint density at radius 2 is 1.74 bits per heavy atom. The van der Waals surface area contributed by atoms with Crippen LogP contribution in [0, 0.1) is 6.92 Å². The van der Waals surface area contributed by atoms with Gasteiger partial charge in [-0.05, 0) is 74.5 Å². The zero-order chi connectivity index (χ0) is 30.2. The van der Waals surface area contributed by atoms with Crippen molar-refractivity contribution in [3.63, 3.8) is 0 Å². The number of aliphatic hydroxyl groups excluding tert-OH is 1. The molecule has 1 fully saturated rings. The topological polar surface area (TPSA) is 88.5 Å². The van der Waals surface area contributed by atoms with Gasteiger partial charge in [-0.25, -0.2) is 0 Å². The summed E-state index contributed by atoms with van der Waals surface area (Å²) >= 11 is 0. The molecular weight excluding hydrogens is 532 g/mol. The van der Waals surface area contributed by atoms with E-state index in [9.17, 15) is 14.7 Å². The Bertz CT molecular complexity index is 1430. The van der Waals surface area contributed by atoms with Crippen LogP contribution in [0.4, 0.5) is 0 Å². The zero-order valence-corrected chi connectivity index (χ0v) is 25.1. The maximum atomic E-state index is 13.5. The van der Waals surface area contributed by atoms with Gasteiger partial charge in [0, 0.05) is 18.7 Å². The summed E-state index contributed by atoms with van der Waals surface area (Å²) in [6, 6.07) is 19.7. The van der Waals surface area contributed by atoms with Crippen LogP contribution in [-0.2, 0) is 16.2 Å². The number of rotatable bonds is 13. The van der Waals surface area contributed by atoms with Crippen LogP contribution in [0.3, 0.4) is 0 Å². The largest absolute Gasteiger partial charge is 0.507 e. The maximum Gasteiger partial charge on any atom is 0.295 e. The Kier molecular flexibility index (Phi) is 10.3. The third-order valence-electron chi connectivity index (χ3n) is 7.29. The smallest absolute Gasteiger partial charge is 0.295 e. The van der Waals surface area contributed by atoms with Crippen LogP contribution in [0.25, 0.3) is 5.76 Å². The fraction of sp³-hybridized carbons (Fsp3) is 0.353. The monoisotopic (exact) mass is 572 g/mol. The van der Waals surface area contributed by atoms with Crippen molar-refractivity contribution in [2.24, 2.45) is 0 Å². The minimum absolute atomic E-state index is 0.0431. The van der Waals surface area contributed by atoms with Gasteiger partial charge < -0.3 is 29.1 Å². The predicted octanol–water partition coefficient (Wildman–Crippen LogP) is 5.74. The molecule has 1 heterocycles. The Hall–Kier alpha value is -4.30. The molecule has 4 rings (SSSR count). The Labute approximate surface area is 248 Å². The first-order valence-electron chi connectivity index (χ1n) is 14.3. The number of likely N-dealkylation sites (tertiary alicyclic amines) is 1. The minimum atomic E-state index is -0.804. The van der Waals surface area contributed by atoms with Crippen LogP contribution >= 0.6 is 0 Å². The number of methoxy groups -OCH3 is 1. The second kappa shape index (κ2) is 14.0. The number of benzene rings is 3. The molecule has 8 heteroatoms. The third kappa shape index (κ3) is 6.94. The molecule has 1 unspecified atom stereocenters. The van der Waals surface area contributed by atoms with Gasteiger partial charge in [-0.15, -0.1) is 0 Å². The van der Waals surface area contributed by atoms with E-state index < -0.39 is 17.7 Å². The van der Waals surface area contributed by atoms with E-state index in [4.69, 9.17) is 14.2 Å². The molecule has 1 atom stereocenters. The number of hydrogen-bond donors (Lipinski definition) is 1. The fourth-order valence-corrected chi connectivity index (χ4v) is 4.94. The first-order chi connectivity index (χ1) is 20.2. The quantitative estimate of drug-likeness (QED) is 0.121. The molecule has 1 saturated heterocycles. The number of carbonyl (C=O) groups excluding carboxylic acids is 2. The summed E-state index contributed by atoms with van der Waals surface area (Å²) in [5.41, 5.74) is 2.90. The van der Waals surface area contributed by atoms with Crippen molar-refractivity contribution >= 4 is 17.4 Å². The number of Topliss-reactive ketones (excluding diaryl/α,β-unsaturated/α-hetero) is 1. The standard InChI is InChI=1S/C34H40N2O6/c1-6-7-19-41-26-14-15-27(23(2)20-26)32(37)30-31(36(18-17-35(3)4)34(39)33(30)38)25-13-16-28(29(21-25)40-5)42-22-24-11-9-8-10-12-24/h8-16,20-21,31,37H,6-7,17-19,22H2,1-5H3. The van der Waals surface area contributed by atoms with Gasteiger partial charge in [0.15, 0.2) is 11.5 Å². The molecule has 42 heavy (non-hydrogen) atoms. The summed E-state index contributed by atoms with van der Waals surface area (Å²) in [5, 5.41) is 11.6. The van der Waals surface area contributed by atoms with Crippen molar-refractivity contribution in [1.82, 2.24) is 9.80 Å². The van der Waals surface area contributed by atoms with Crippen molar-refractivity contribution in [1.29, 1.82) is 0 Å². The van der Waals surface area contributed by atoms with Gasteiger partial charge in [0.05, 0.1) is 25.3 Å². The molecule has 0 bridgehead atoms. The van der Waals surface area contributed by atoms with Gasteiger partial charge in [-0.1, -0.05) is 49.7 Å². The molecule has 0 spiro atoms. The molecule has 1 amide bonds. The molecule has 0 aromatic heterocycles. The Morgan fingerprint density at radius 1 is 0.976 bits per heavy atom. The lowest BCUT2D eigenvalue weighted by molar-refractivity contribution is -0.140. The molecule has 3 aromatic rings. The average molecular weight is 573 g/mol. The average Bonchev–Trinajstić information content (AvgIpc) is 3.24. The molecule has 222 valence electrons. The van der Waals surface area contributed by atoms with Crippen molar-refractivity contribution < 1.29 is 28.9 Å². The van der Waals surface area contributed by atoms with E-state index in [1.54, 1.807) is 31.4 Å². The van der Waals surface area contributed by atoms with Gasteiger partial charge in [0.25, 0.3) is 11.7 Å². The van der Waals surface area contributed by atoms with Crippen LogP contribution in [0.15, 0.2) is 72.3 Å². The molecule has 0 aliphatic carbocycles. The number of amides is 1. The minimum Gasteiger partial charge on any atom is -0.507 e. The third-order valence-corrected chi connectivity index (χ3v) is 7.29. The lowest BCUT2D eigenvalue weighted by atomic mass is 9.93. The normalized spacial score (nSPS) is 16.2. The van der Waals surface area contributed by atoms with Crippen molar-refractivity contribution in [3.05, 3.63) is 94.6 Å². The second-order valence-corrected chi connectivity index (χ2v) is 10.7. The molecule has 1 aliphatic heterocycles. The molecule has 1 aliphatic rings. The highest BCUT2D eigenvalue weighted by Gasteiger charge is 2.46. The lowest BCUT2D eigenvalue weighted by Crippen LogP contribution is -2.35. The van der Waals surface area contributed by atoms with Crippen molar-refractivity contribution in [2.75, 3.05) is 40.9 Å². The Balaban J connectivity index is 1.74. The summed E-state index contributed by atoms with van der Waals surface area (Å²) in [4.78, 5) is 30.3. The number of carbonyl (C=O) groups is 2. The highest BCUT2D eigenvalue weighted by molar-refractivity contribution is 6.46. The number of ketones is 1. The number of unbranched alkanes of at least 4 members (excludes halogenated alkanes) is 1. The number of hydrogen-bond acceptors (Lipinski definition) is 7.